The quantitative estimate of drug-likeness (QED) is 0.745. The number of hydrogen-bond donors (Lipinski definition) is 1. The zero-order valence-corrected chi connectivity index (χ0v) is 11.4. The number of ether oxygens (including phenoxy) is 1. The predicted octanol–water partition coefficient (Wildman–Crippen LogP) is 3.09. The van der Waals surface area contributed by atoms with Gasteiger partial charge in [-0.15, -0.1) is 0 Å². The molecule has 0 saturated carbocycles. The zero-order valence-electron chi connectivity index (χ0n) is 11.4. The van der Waals surface area contributed by atoms with Crippen molar-refractivity contribution in [2.24, 2.45) is 0 Å². The molecule has 0 radical (unpaired) electrons. The van der Waals surface area contributed by atoms with E-state index in [1.54, 1.807) is 18.2 Å². The minimum atomic E-state index is -0.190. The number of hydrogen-bond acceptors (Lipinski definition) is 5. The molecule has 0 unspecified atom stereocenters. The largest absolute Gasteiger partial charge is 0.733 e. The smallest absolute Gasteiger partial charge is 0.143 e. The fourth-order valence-corrected chi connectivity index (χ4v) is 2.18. The number of anilines is 1. The molecule has 21 heavy (non-hydrogen) atoms. The number of nitrogens with zero attached hydrogens (tertiary/aromatic N) is 3. The Hall–Kier alpha value is -2.57. The highest BCUT2D eigenvalue weighted by Crippen LogP contribution is 2.32. The molecule has 1 N–H and O–H groups in total. The van der Waals surface area contributed by atoms with Crippen LogP contribution in [0.5, 0.6) is 5.75 Å². The summed E-state index contributed by atoms with van der Waals surface area (Å²) in [5.74, 6) is 0.336. The molecule has 0 bridgehead atoms. The maximum atomic E-state index is 11.3. The van der Waals surface area contributed by atoms with E-state index in [9.17, 15) is 10.4 Å². The first-order valence-corrected chi connectivity index (χ1v) is 6.56. The summed E-state index contributed by atoms with van der Waals surface area (Å²) < 4.78 is 7.21. The SMILES string of the molecule is CCOc1ccc(-c2cn3ccccc3n2)cc1N([O-])O. The Kier molecular flexibility index (Phi) is 3.47. The van der Waals surface area contributed by atoms with Crippen molar-refractivity contribution in [3.05, 3.63) is 54.0 Å². The molecular weight excluding hydrogens is 270 g/mol. The highest BCUT2D eigenvalue weighted by molar-refractivity contribution is 5.71. The third kappa shape index (κ3) is 2.54. The molecule has 0 aliphatic heterocycles. The van der Waals surface area contributed by atoms with Gasteiger partial charge < -0.3 is 19.6 Å². The van der Waals surface area contributed by atoms with Gasteiger partial charge in [-0.25, -0.2) is 4.98 Å². The molecule has 0 aliphatic rings. The van der Waals surface area contributed by atoms with E-state index in [1.165, 1.54) is 0 Å². The van der Waals surface area contributed by atoms with E-state index < -0.39 is 0 Å². The monoisotopic (exact) mass is 284 g/mol. The van der Waals surface area contributed by atoms with Gasteiger partial charge in [0, 0.05) is 18.0 Å². The normalized spacial score (nSPS) is 10.8. The Labute approximate surface area is 121 Å². The number of benzene rings is 1. The summed E-state index contributed by atoms with van der Waals surface area (Å²) in [7, 11) is 0. The van der Waals surface area contributed by atoms with Crippen LogP contribution >= 0.6 is 0 Å². The third-order valence-electron chi connectivity index (χ3n) is 3.12. The lowest BCUT2D eigenvalue weighted by Crippen LogP contribution is -2.09. The zero-order chi connectivity index (χ0) is 14.8. The molecule has 0 saturated heterocycles. The van der Waals surface area contributed by atoms with Crippen LogP contribution in [-0.4, -0.2) is 21.2 Å². The lowest BCUT2D eigenvalue weighted by molar-refractivity contribution is 0.284. The second-order valence-electron chi connectivity index (χ2n) is 4.48. The highest BCUT2D eigenvalue weighted by Gasteiger charge is 2.09. The Morgan fingerprint density at radius 3 is 2.90 bits per heavy atom. The molecule has 2 aromatic heterocycles. The van der Waals surface area contributed by atoms with Crippen molar-refractivity contribution in [1.82, 2.24) is 9.38 Å². The molecule has 3 aromatic rings. The number of fused-ring (bicyclic) bond motifs is 1. The molecule has 0 aliphatic carbocycles. The molecule has 0 amide bonds. The van der Waals surface area contributed by atoms with Gasteiger partial charge in [-0.2, -0.15) is 0 Å². The Morgan fingerprint density at radius 1 is 1.33 bits per heavy atom. The van der Waals surface area contributed by atoms with E-state index in [0.29, 0.717) is 18.1 Å². The fraction of sp³-hybridized carbons (Fsp3) is 0.133. The van der Waals surface area contributed by atoms with Crippen LogP contribution in [0.4, 0.5) is 5.69 Å². The molecule has 0 spiro atoms. The number of pyridine rings is 1. The van der Waals surface area contributed by atoms with Gasteiger partial charge in [0.1, 0.15) is 11.4 Å². The van der Waals surface area contributed by atoms with Gasteiger partial charge in [-0.1, -0.05) is 6.07 Å². The summed E-state index contributed by atoms with van der Waals surface area (Å²) in [5, 5.41) is 20.3. The molecule has 3 rings (SSSR count). The maximum absolute atomic E-state index is 11.3. The highest BCUT2D eigenvalue weighted by atomic mass is 16.8. The minimum Gasteiger partial charge on any atom is -0.733 e. The van der Waals surface area contributed by atoms with Gasteiger partial charge in [0.2, 0.25) is 0 Å². The van der Waals surface area contributed by atoms with Crippen LogP contribution in [0, 0.1) is 5.21 Å². The minimum absolute atomic E-state index is 0.0615. The predicted molar refractivity (Wildman–Crippen MR) is 79.4 cm³/mol. The lowest BCUT2D eigenvalue weighted by atomic mass is 10.1. The van der Waals surface area contributed by atoms with E-state index in [0.717, 1.165) is 11.2 Å². The van der Waals surface area contributed by atoms with Gasteiger partial charge in [0.15, 0.2) is 0 Å². The third-order valence-corrected chi connectivity index (χ3v) is 3.12. The molecule has 6 nitrogen and oxygen atoms in total. The summed E-state index contributed by atoms with van der Waals surface area (Å²) in [5.41, 5.74) is 2.32. The van der Waals surface area contributed by atoms with Gasteiger partial charge in [-0.3, -0.25) is 5.21 Å². The molecule has 2 heterocycles. The number of rotatable bonds is 4. The topological polar surface area (TPSA) is 73.1 Å². The standard InChI is InChI=1S/C15H14N3O3/c1-2-21-14-7-6-11(9-13(14)18(19)20)12-10-17-8-4-3-5-15(17)16-12/h3-10,19H,2H2,1H3/q-1. The van der Waals surface area contributed by atoms with Crippen molar-refractivity contribution >= 4 is 11.3 Å². The average Bonchev–Trinajstić information content (AvgIpc) is 2.91. The first-order chi connectivity index (χ1) is 10.2. The fourth-order valence-electron chi connectivity index (χ4n) is 2.18. The summed E-state index contributed by atoms with van der Waals surface area (Å²) in [4.78, 5) is 4.48. The molecule has 1 aromatic carbocycles. The van der Waals surface area contributed by atoms with Crippen LogP contribution in [0.25, 0.3) is 16.9 Å². The maximum Gasteiger partial charge on any atom is 0.143 e. The Bertz CT molecular complexity index is 735. The van der Waals surface area contributed by atoms with Gasteiger partial charge in [-0.05, 0) is 37.3 Å². The van der Waals surface area contributed by atoms with E-state index >= 15 is 0 Å². The van der Waals surface area contributed by atoms with Crippen molar-refractivity contribution in [2.75, 3.05) is 11.8 Å². The van der Waals surface area contributed by atoms with Crippen LogP contribution in [-0.2, 0) is 0 Å². The van der Waals surface area contributed by atoms with Crippen LogP contribution < -0.4 is 9.96 Å². The summed E-state index contributed by atoms with van der Waals surface area (Å²) in [6, 6.07) is 10.7. The second-order valence-corrected chi connectivity index (χ2v) is 4.48. The number of aromatic nitrogens is 2. The van der Waals surface area contributed by atoms with Crippen molar-refractivity contribution in [3.63, 3.8) is 0 Å². The van der Waals surface area contributed by atoms with Gasteiger partial charge in [0.25, 0.3) is 0 Å². The molecule has 6 heteroatoms. The van der Waals surface area contributed by atoms with E-state index in [2.05, 4.69) is 4.98 Å². The summed E-state index contributed by atoms with van der Waals surface area (Å²) in [6.45, 7) is 2.22. The van der Waals surface area contributed by atoms with E-state index in [4.69, 9.17) is 4.74 Å². The van der Waals surface area contributed by atoms with Crippen molar-refractivity contribution in [2.45, 2.75) is 6.92 Å². The van der Waals surface area contributed by atoms with E-state index in [1.807, 2.05) is 41.9 Å². The molecular formula is C15H14N3O3-. The molecule has 0 atom stereocenters. The lowest BCUT2D eigenvalue weighted by Gasteiger charge is -2.24. The van der Waals surface area contributed by atoms with Crippen LogP contribution in [0.15, 0.2) is 48.8 Å². The van der Waals surface area contributed by atoms with Crippen molar-refractivity contribution in [3.8, 4) is 17.0 Å². The van der Waals surface area contributed by atoms with Gasteiger partial charge >= 0.3 is 0 Å². The average molecular weight is 284 g/mol. The van der Waals surface area contributed by atoms with E-state index in [-0.39, 0.29) is 10.9 Å². The van der Waals surface area contributed by atoms with Crippen LogP contribution in [0.3, 0.4) is 0 Å². The summed E-state index contributed by atoms with van der Waals surface area (Å²) >= 11 is 0. The summed E-state index contributed by atoms with van der Waals surface area (Å²) in [6.07, 6.45) is 3.76. The van der Waals surface area contributed by atoms with Crippen molar-refractivity contribution < 1.29 is 9.94 Å². The first-order valence-electron chi connectivity index (χ1n) is 6.56. The Balaban J connectivity index is 2.07. The molecule has 0 fully saturated rings. The second kappa shape index (κ2) is 5.43. The number of imidazole rings is 1. The van der Waals surface area contributed by atoms with Crippen LogP contribution in [0.1, 0.15) is 6.92 Å². The Morgan fingerprint density at radius 2 is 2.19 bits per heavy atom. The van der Waals surface area contributed by atoms with Gasteiger partial charge in [0.05, 0.1) is 18.0 Å². The first kappa shape index (κ1) is 13.4. The van der Waals surface area contributed by atoms with Crippen molar-refractivity contribution in [1.29, 1.82) is 0 Å². The van der Waals surface area contributed by atoms with Crippen LogP contribution in [0.2, 0.25) is 0 Å². The molecule has 108 valence electrons.